The highest BCUT2D eigenvalue weighted by Crippen LogP contribution is 2.56. The highest BCUT2D eigenvalue weighted by molar-refractivity contribution is 4.99. The summed E-state index contributed by atoms with van der Waals surface area (Å²) in [5, 5.41) is 8.23. The van der Waals surface area contributed by atoms with E-state index in [2.05, 4.69) is 15.0 Å². The van der Waals surface area contributed by atoms with Crippen LogP contribution in [0.2, 0.25) is 0 Å². The Hall–Kier alpha value is -0.900. The van der Waals surface area contributed by atoms with Gasteiger partial charge in [0.25, 0.3) is 0 Å². The van der Waals surface area contributed by atoms with E-state index in [9.17, 15) is 0 Å². The third-order valence-corrected chi connectivity index (χ3v) is 5.71. The van der Waals surface area contributed by atoms with Crippen molar-refractivity contribution in [2.75, 3.05) is 0 Å². The van der Waals surface area contributed by atoms with Gasteiger partial charge in [-0.1, -0.05) is 5.21 Å². The molecule has 0 spiro atoms. The van der Waals surface area contributed by atoms with Crippen molar-refractivity contribution in [2.45, 2.75) is 45.2 Å². The van der Waals surface area contributed by atoms with Gasteiger partial charge in [0.2, 0.25) is 0 Å². The molecule has 4 heteroatoms. The minimum absolute atomic E-state index is 0.556. The van der Waals surface area contributed by atoms with E-state index in [1.54, 1.807) is 0 Å². The molecule has 4 saturated carbocycles. The first-order valence-corrected chi connectivity index (χ1v) is 7.41. The van der Waals surface area contributed by atoms with Crippen LogP contribution >= 0.6 is 0 Å². The summed E-state index contributed by atoms with van der Waals surface area (Å²) >= 11 is 0. The Balaban J connectivity index is 1.55. The van der Waals surface area contributed by atoms with Crippen molar-refractivity contribution >= 4 is 0 Å². The summed E-state index contributed by atoms with van der Waals surface area (Å²) in [5.74, 6) is 4.85. The molecule has 0 atom stereocenters. The van der Waals surface area contributed by atoms with Crippen LogP contribution in [0.5, 0.6) is 0 Å². The molecule has 0 aromatic carbocycles. The van der Waals surface area contributed by atoms with Crippen molar-refractivity contribution in [2.24, 2.45) is 35.3 Å². The fraction of sp³-hybridized carbons (Fsp3) is 0.857. The lowest BCUT2D eigenvalue weighted by Gasteiger charge is -2.54. The topological polar surface area (TPSA) is 56.7 Å². The highest BCUT2D eigenvalue weighted by atomic mass is 15.4. The van der Waals surface area contributed by atoms with Gasteiger partial charge in [-0.2, -0.15) is 0 Å². The molecule has 4 aliphatic rings. The second kappa shape index (κ2) is 4.05. The fourth-order valence-corrected chi connectivity index (χ4v) is 5.13. The standard InChI is InChI=1S/C14H22N4/c15-6-13-7-16-17-18(13)8-14-11-2-9-1-10(4-11)5-12(14)3-9/h7,9-12,14H,1-6,8,15H2. The molecule has 18 heavy (non-hydrogen) atoms. The molecule has 4 aliphatic carbocycles. The summed E-state index contributed by atoms with van der Waals surface area (Å²) < 4.78 is 2.06. The number of aromatic nitrogens is 3. The monoisotopic (exact) mass is 246 g/mol. The van der Waals surface area contributed by atoms with Gasteiger partial charge in [0.15, 0.2) is 0 Å². The quantitative estimate of drug-likeness (QED) is 0.885. The molecule has 0 radical (unpaired) electrons. The lowest BCUT2D eigenvalue weighted by molar-refractivity contribution is -0.0446. The Labute approximate surface area is 108 Å². The minimum Gasteiger partial charge on any atom is -0.325 e. The lowest BCUT2D eigenvalue weighted by atomic mass is 9.52. The van der Waals surface area contributed by atoms with E-state index in [0.717, 1.165) is 41.8 Å². The molecule has 5 rings (SSSR count). The molecule has 4 nitrogen and oxygen atoms in total. The second-order valence-electron chi connectivity index (χ2n) is 6.71. The van der Waals surface area contributed by atoms with E-state index < -0.39 is 0 Å². The number of nitrogens with two attached hydrogens (primary N) is 1. The van der Waals surface area contributed by atoms with Crippen LogP contribution in [0, 0.1) is 29.6 Å². The average Bonchev–Trinajstić information content (AvgIpc) is 2.80. The first-order chi connectivity index (χ1) is 8.83. The van der Waals surface area contributed by atoms with E-state index in [0.29, 0.717) is 6.54 Å². The SMILES string of the molecule is NCc1cnnn1CC1C2CC3CC(C2)CC1C3. The molecule has 2 N–H and O–H groups in total. The Morgan fingerprint density at radius 1 is 1.11 bits per heavy atom. The molecule has 4 fully saturated rings. The normalized spacial score (nSPS) is 41.5. The van der Waals surface area contributed by atoms with Crippen molar-refractivity contribution in [1.82, 2.24) is 15.0 Å². The zero-order chi connectivity index (χ0) is 12.1. The van der Waals surface area contributed by atoms with Crippen LogP contribution in [-0.4, -0.2) is 15.0 Å². The van der Waals surface area contributed by atoms with E-state index in [4.69, 9.17) is 5.73 Å². The largest absolute Gasteiger partial charge is 0.325 e. The highest BCUT2D eigenvalue weighted by Gasteiger charge is 2.48. The summed E-state index contributed by atoms with van der Waals surface area (Å²) in [6.45, 7) is 1.61. The second-order valence-corrected chi connectivity index (χ2v) is 6.71. The van der Waals surface area contributed by atoms with Crippen LogP contribution < -0.4 is 5.73 Å². The zero-order valence-electron chi connectivity index (χ0n) is 10.8. The zero-order valence-corrected chi connectivity index (χ0v) is 10.8. The van der Waals surface area contributed by atoms with Crippen LogP contribution in [-0.2, 0) is 13.1 Å². The molecule has 1 heterocycles. The van der Waals surface area contributed by atoms with Gasteiger partial charge in [-0.3, -0.25) is 0 Å². The number of nitrogens with zero attached hydrogens (tertiary/aromatic N) is 3. The van der Waals surface area contributed by atoms with Gasteiger partial charge in [0, 0.05) is 13.1 Å². The summed E-state index contributed by atoms with van der Waals surface area (Å²) in [6, 6.07) is 0. The van der Waals surface area contributed by atoms with Gasteiger partial charge in [0.1, 0.15) is 0 Å². The van der Waals surface area contributed by atoms with E-state index in [-0.39, 0.29) is 0 Å². The molecule has 0 aliphatic heterocycles. The van der Waals surface area contributed by atoms with Crippen molar-refractivity contribution < 1.29 is 0 Å². The molecule has 0 unspecified atom stereocenters. The van der Waals surface area contributed by atoms with Crippen molar-refractivity contribution in [3.63, 3.8) is 0 Å². The Bertz CT molecular complexity index is 411. The lowest BCUT2D eigenvalue weighted by Crippen LogP contribution is -2.46. The van der Waals surface area contributed by atoms with Gasteiger partial charge in [-0.15, -0.1) is 5.10 Å². The minimum atomic E-state index is 0.556. The summed E-state index contributed by atoms with van der Waals surface area (Å²) in [7, 11) is 0. The number of hydrogen-bond donors (Lipinski definition) is 1. The molecule has 1 aromatic rings. The van der Waals surface area contributed by atoms with Crippen LogP contribution in [0.25, 0.3) is 0 Å². The summed E-state index contributed by atoms with van der Waals surface area (Å²) in [4.78, 5) is 0. The molecule has 1 aromatic heterocycles. The van der Waals surface area contributed by atoms with Crippen LogP contribution in [0.3, 0.4) is 0 Å². The van der Waals surface area contributed by atoms with Gasteiger partial charge >= 0.3 is 0 Å². The first-order valence-electron chi connectivity index (χ1n) is 7.41. The molecular formula is C14H22N4. The van der Waals surface area contributed by atoms with Crippen LogP contribution in [0.4, 0.5) is 0 Å². The molecule has 0 saturated heterocycles. The average molecular weight is 246 g/mol. The van der Waals surface area contributed by atoms with Crippen molar-refractivity contribution in [3.05, 3.63) is 11.9 Å². The van der Waals surface area contributed by atoms with Gasteiger partial charge in [-0.05, 0) is 61.7 Å². The predicted molar refractivity (Wildman–Crippen MR) is 68.4 cm³/mol. The molecular weight excluding hydrogens is 224 g/mol. The summed E-state index contributed by atoms with van der Waals surface area (Å²) in [6.07, 6.45) is 9.25. The Morgan fingerprint density at radius 2 is 1.78 bits per heavy atom. The number of rotatable bonds is 3. The smallest absolute Gasteiger partial charge is 0.0738 e. The molecule has 98 valence electrons. The third kappa shape index (κ3) is 1.62. The summed E-state index contributed by atoms with van der Waals surface area (Å²) in [5.41, 5.74) is 6.83. The predicted octanol–water partition coefficient (Wildman–Crippen LogP) is 1.81. The van der Waals surface area contributed by atoms with Crippen LogP contribution in [0.1, 0.15) is 37.8 Å². The Kier molecular flexibility index (Phi) is 2.47. The van der Waals surface area contributed by atoms with Gasteiger partial charge < -0.3 is 5.73 Å². The molecule has 4 bridgehead atoms. The maximum Gasteiger partial charge on any atom is 0.0738 e. The van der Waals surface area contributed by atoms with Crippen molar-refractivity contribution in [3.8, 4) is 0 Å². The fourth-order valence-electron chi connectivity index (χ4n) is 5.13. The maximum absolute atomic E-state index is 5.74. The molecule has 0 amide bonds. The Morgan fingerprint density at radius 3 is 2.39 bits per heavy atom. The number of hydrogen-bond acceptors (Lipinski definition) is 3. The van der Waals surface area contributed by atoms with E-state index in [1.165, 1.54) is 32.1 Å². The van der Waals surface area contributed by atoms with Gasteiger partial charge in [-0.25, -0.2) is 4.68 Å². The van der Waals surface area contributed by atoms with Gasteiger partial charge in [0.05, 0.1) is 11.9 Å². The van der Waals surface area contributed by atoms with E-state index >= 15 is 0 Å². The van der Waals surface area contributed by atoms with Crippen molar-refractivity contribution in [1.29, 1.82) is 0 Å². The third-order valence-electron chi connectivity index (χ3n) is 5.71. The van der Waals surface area contributed by atoms with Crippen LogP contribution in [0.15, 0.2) is 6.20 Å². The maximum atomic E-state index is 5.74. The first kappa shape index (κ1) is 11.0. The van der Waals surface area contributed by atoms with E-state index in [1.807, 2.05) is 6.20 Å².